The SMILES string of the molecule is CCOCC(=O)N1CCC[C@@H]1c1ncc(Cc2cccc(Cl)c2)o1. The smallest absolute Gasteiger partial charge is 0.249 e. The van der Waals surface area contributed by atoms with Crippen molar-refractivity contribution in [2.45, 2.75) is 32.2 Å². The van der Waals surface area contributed by atoms with E-state index in [0.717, 1.165) is 30.7 Å². The molecule has 0 bridgehead atoms. The van der Waals surface area contributed by atoms with Gasteiger partial charge in [0.25, 0.3) is 0 Å². The monoisotopic (exact) mass is 348 g/mol. The molecule has 6 heteroatoms. The summed E-state index contributed by atoms with van der Waals surface area (Å²) in [7, 11) is 0. The highest BCUT2D eigenvalue weighted by molar-refractivity contribution is 6.30. The molecule has 1 aromatic carbocycles. The summed E-state index contributed by atoms with van der Waals surface area (Å²) in [6.07, 6.45) is 4.19. The number of likely N-dealkylation sites (tertiary alicyclic amines) is 1. The second kappa shape index (κ2) is 7.81. The molecule has 5 nitrogen and oxygen atoms in total. The molecule has 3 rings (SSSR count). The lowest BCUT2D eigenvalue weighted by Crippen LogP contribution is -2.33. The van der Waals surface area contributed by atoms with Crippen LogP contribution in [0.4, 0.5) is 0 Å². The minimum Gasteiger partial charge on any atom is -0.443 e. The number of hydrogen-bond acceptors (Lipinski definition) is 4. The van der Waals surface area contributed by atoms with Crippen LogP contribution in [0.15, 0.2) is 34.9 Å². The third kappa shape index (κ3) is 3.97. The van der Waals surface area contributed by atoms with E-state index in [1.807, 2.05) is 36.1 Å². The average molecular weight is 349 g/mol. The number of aromatic nitrogens is 1. The van der Waals surface area contributed by atoms with E-state index in [2.05, 4.69) is 4.98 Å². The zero-order valence-electron chi connectivity index (χ0n) is 13.7. The van der Waals surface area contributed by atoms with Crippen molar-refractivity contribution < 1.29 is 13.9 Å². The van der Waals surface area contributed by atoms with Gasteiger partial charge in [-0.25, -0.2) is 4.98 Å². The van der Waals surface area contributed by atoms with Crippen molar-refractivity contribution in [1.29, 1.82) is 0 Å². The summed E-state index contributed by atoms with van der Waals surface area (Å²) in [6, 6.07) is 7.59. The van der Waals surface area contributed by atoms with Crippen LogP contribution in [-0.4, -0.2) is 35.5 Å². The van der Waals surface area contributed by atoms with E-state index in [1.165, 1.54) is 0 Å². The summed E-state index contributed by atoms with van der Waals surface area (Å²) in [6.45, 7) is 3.25. The van der Waals surface area contributed by atoms with Gasteiger partial charge in [0, 0.05) is 24.6 Å². The number of rotatable bonds is 6. The number of benzene rings is 1. The molecule has 0 aliphatic carbocycles. The summed E-state index contributed by atoms with van der Waals surface area (Å²) >= 11 is 6.01. The standard InChI is InChI=1S/C18H21ClN2O3/c1-2-23-12-17(22)21-8-4-7-16(21)18-20-11-15(24-18)10-13-5-3-6-14(19)9-13/h3,5-6,9,11,16H,2,4,7-8,10,12H2,1H3/t16-/m1/s1. The zero-order valence-corrected chi connectivity index (χ0v) is 14.5. The van der Waals surface area contributed by atoms with Gasteiger partial charge in [-0.05, 0) is 37.5 Å². The van der Waals surface area contributed by atoms with Crippen molar-refractivity contribution in [3.05, 3.63) is 52.7 Å². The van der Waals surface area contributed by atoms with E-state index < -0.39 is 0 Å². The van der Waals surface area contributed by atoms with Crippen LogP contribution in [0.25, 0.3) is 0 Å². The Morgan fingerprint density at radius 1 is 1.50 bits per heavy atom. The van der Waals surface area contributed by atoms with Gasteiger partial charge in [0.2, 0.25) is 11.8 Å². The number of carbonyl (C=O) groups excluding carboxylic acids is 1. The fraction of sp³-hybridized carbons (Fsp3) is 0.444. The normalized spacial score (nSPS) is 17.4. The molecule has 1 amide bonds. The lowest BCUT2D eigenvalue weighted by Gasteiger charge is -2.22. The van der Waals surface area contributed by atoms with Gasteiger partial charge in [0.15, 0.2) is 0 Å². The van der Waals surface area contributed by atoms with E-state index in [1.54, 1.807) is 6.20 Å². The molecule has 0 spiro atoms. The second-order valence-electron chi connectivity index (χ2n) is 5.85. The highest BCUT2D eigenvalue weighted by Gasteiger charge is 2.33. The van der Waals surface area contributed by atoms with Crippen LogP contribution >= 0.6 is 11.6 Å². The number of carbonyl (C=O) groups is 1. The highest BCUT2D eigenvalue weighted by Crippen LogP contribution is 2.32. The molecule has 24 heavy (non-hydrogen) atoms. The van der Waals surface area contributed by atoms with Crippen LogP contribution < -0.4 is 0 Å². The molecule has 1 aliphatic heterocycles. The molecule has 0 unspecified atom stereocenters. The van der Waals surface area contributed by atoms with E-state index in [0.29, 0.717) is 23.9 Å². The number of ether oxygens (including phenoxy) is 1. The predicted molar refractivity (Wildman–Crippen MR) is 90.9 cm³/mol. The molecule has 2 heterocycles. The van der Waals surface area contributed by atoms with E-state index >= 15 is 0 Å². The van der Waals surface area contributed by atoms with Gasteiger partial charge in [-0.2, -0.15) is 0 Å². The molecule has 0 N–H and O–H groups in total. The Labute approximate surface area is 146 Å². The topological polar surface area (TPSA) is 55.6 Å². The van der Waals surface area contributed by atoms with Gasteiger partial charge < -0.3 is 14.1 Å². The van der Waals surface area contributed by atoms with E-state index in [9.17, 15) is 4.79 Å². The van der Waals surface area contributed by atoms with Crippen LogP contribution in [0.3, 0.4) is 0 Å². The molecule has 1 aliphatic rings. The molecular weight excluding hydrogens is 328 g/mol. The highest BCUT2D eigenvalue weighted by atomic mass is 35.5. The molecule has 1 atom stereocenters. The first-order valence-electron chi connectivity index (χ1n) is 8.23. The Morgan fingerprint density at radius 2 is 2.38 bits per heavy atom. The largest absolute Gasteiger partial charge is 0.443 e. The number of hydrogen-bond donors (Lipinski definition) is 0. The van der Waals surface area contributed by atoms with E-state index in [-0.39, 0.29) is 18.6 Å². The summed E-state index contributed by atoms with van der Waals surface area (Å²) in [5.74, 6) is 1.37. The Balaban J connectivity index is 1.69. The van der Waals surface area contributed by atoms with Crippen molar-refractivity contribution >= 4 is 17.5 Å². The number of halogens is 1. The molecule has 0 saturated carbocycles. The third-order valence-electron chi connectivity index (χ3n) is 4.13. The summed E-state index contributed by atoms with van der Waals surface area (Å²) < 4.78 is 11.1. The minimum atomic E-state index is -0.0916. The Morgan fingerprint density at radius 3 is 3.17 bits per heavy atom. The van der Waals surface area contributed by atoms with Crippen molar-refractivity contribution in [3.63, 3.8) is 0 Å². The molecule has 0 radical (unpaired) electrons. The van der Waals surface area contributed by atoms with Gasteiger partial charge in [-0.15, -0.1) is 0 Å². The molecule has 1 saturated heterocycles. The fourth-order valence-corrected chi connectivity index (χ4v) is 3.21. The van der Waals surface area contributed by atoms with Crippen molar-refractivity contribution in [2.75, 3.05) is 19.8 Å². The van der Waals surface area contributed by atoms with Crippen LogP contribution in [-0.2, 0) is 16.0 Å². The quantitative estimate of drug-likeness (QED) is 0.800. The molecule has 1 fully saturated rings. The first kappa shape index (κ1) is 17.0. The van der Waals surface area contributed by atoms with Gasteiger partial charge in [-0.1, -0.05) is 23.7 Å². The van der Waals surface area contributed by atoms with Crippen molar-refractivity contribution in [3.8, 4) is 0 Å². The second-order valence-corrected chi connectivity index (χ2v) is 6.29. The maximum Gasteiger partial charge on any atom is 0.249 e. The Bertz CT molecular complexity index is 701. The Kier molecular flexibility index (Phi) is 5.53. The summed E-state index contributed by atoms with van der Waals surface area (Å²) in [5, 5.41) is 0.704. The lowest BCUT2D eigenvalue weighted by molar-refractivity contribution is -0.137. The molecule has 2 aromatic rings. The lowest BCUT2D eigenvalue weighted by atomic mass is 10.1. The number of nitrogens with zero attached hydrogens (tertiary/aromatic N) is 2. The van der Waals surface area contributed by atoms with Crippen LogP contribution in [0.5, 0.6) is 0 Å². The molecule has 1 aromatic heterocycles. The number of amides is 1. The van der Waals surface area contributed by atoms with Gasteiger partial charge in [0.05, 0.1) is 6.20 Å². The summed E-state index contributed by atoms with van der Waals surface area (Å²) in [5.41, 5.74) is 1.07. The maximum atomic E-state index is 12.2. The van der Waals surface area contributed by atoms with Crippen LogP contribution in [0.1, 0.15) is 43.0 Å². The van der Waals surface area contributed by atoms with Crippen molar-refractivity contribution in [1.82, 2.24) is 9.88 Å². The minimum absolute atomic E-state index is 0.00561. The van der Waals surface area contributed by atoms with Gasteiger partial charge in [0.1, 0.15) is 18.4 Å². The van der Waals surface area contributed by atoms with Crippen LogP contribution in [0, 0.1) is 0 Å². The molecule has 128 valence electrons. The van der Waals surface area contributed by atoms with Gasteiger partial charge >= 0.3 is 0 Å². The average Bonchev–Trinajstić information content (AvgIpc) is 3.21. The first-order valence-corrected chi connectivity index (χ1v) is 8.61. The van der Waals surface area contributed by atoms with Gasteiger partial charge in [-0.3, -0.25) is 4.79 Å². The van der Waals surface area contributed by atoms with Crippen molar-refractivity contribution in [2.24, 2.45) is 0 Å². The third-order valence-corrected chi connectivity index (χ3v) is 4.36. The first-order chi connectivity index (χ1) is 11.7. The molecular formula is C18H21ClN2O3. The fourth-order valence-electron chi connectivity index (χ4n) is 3.00. The van der Waals surface area contributed by atoms with E-state index in [4.69, 9.17) is 20.8 Å². The maximum absolute atomic E-state index is 12.2. The van der Waals surface area contributed by atoms with Crippen LogP contribution in [0.2, 0.25) is 5.02 Å². The zero-order chi connectivity index (χ0) is 16.9. The Hall–Kier alpha value is -1.85. The number of oxazole rings is 1. The summed E-state index contributed by atoms with van der Waals surface area (Å²) in [4.78, 5) is 18.4. The predicted octanol–water partition coefficient (Wildman–Crippen LogP) is 3.62.